The maximum absolute atomic E-state index is 10.3. The van der Waals surface area contributed by atoms with Gasteiger partial charge in [0.2, 0.25) is 0 Å². The highest BCUT2D eigenvalue weighted by molar-refractivity contribution is 9.10. The third-order valence-electron chi connectivity index (χ3n) is 4.02. The Morgan fingerprint density at radius 3 is 2.88 bits per heavy atom. The number of phenolic OH excluding ortho intramolecular Hbond substituents is 1. The second-order valence-corrected chi connectivity index (χ2v) is 5.92. The summed E-state index contributed by atoms with van der Waals surface area (Å²) in [5.74, 6) is 0.463. The first-order valence-electron chi connectivity index (χ1n) is 6.54. The van der Waals surface area contributed by atoms with Crippen molar-refractivity contribution in [3.63, 3.8) is 0 Å². The van der Waals surface area contributed by atoms with Gasteiger partial charge >= 0.3 is 0 Å². The van der Waals surface area contributed by atoms with E-state index in [0.717, 1.165) is 35.8 Å². The molecule has 1 atom stereocenters. The largest absolute Gasteiger partial charge is 0.506 e. The number of hydrogen-bond acceptors (Lipinski definition) is 2. The Bertz CT molecular complexity index is 438. The van der Waals surface area contributed by atoms with Gasteiger partial charge in [0, 0.05) is 11.6 Å². The van der Waals surface area contributed by atoms with Crippen LogP contribution in [-0.2, 0) is 12.8 Å². The molecule has 2 N–H and O–H groups in total. The smallest absolute Gasteiger partial charge is 0.134 e. The molecule has 1 aromatic rings. The van der Waals surface area contributed by atoms with Gasteiger partial charge in [0.1, 0.15) is 5.75 Å². The minimum Gasteiger partial charge on any atom is -0.506 e. The van der Waals surface area contributed by atoms with E-state index in [9.17, 15) is 5.11 Å². The maximum Gasteiger partial charge on any atom is 0.134 e. The number of rotatable bonds is 1. The van der Waals surface area contributed by atoms with Gasteiger partial charge in [-0.15, -0.1) is 0 Å². The molecule has 1 unspecified atom stereocenters. The third-order valence-corrected chi connectivity index (χ3v) is 4.88. The van der Waals surface area contributed by atoms with Crippen molar-refractivity contribution in [3.05, 3.63) is 27.2 Å². The number of halogens is 1. The monoisotopic (exact) mass is 295 g/mol. The third kappa shape index (κ3) is 2.00. The molecule has 1 aliphatic carbocycles. The first-order valence-corrected chi connectivity index (χ1v) is 7.33. The molecule has 0 spiro atoms. The highest BCUT2D eigenvalue weighted by Crippen LogP contribution is 2.42. The molecule has 1 heterocycles. The lowest BCUT2D eigenvalue weighted by atomic mass is 9.94. The lowest BCUT2D eigenvalue weighted by Crippen LogP contribution is -2.27. The normalized spacial score (nSPS) is 23.7. The number of nitrogens with one attached hydrogen (secondary N) is 1. The van der Waals surface area contributed by atoms with Crippen molar-refractivity contribution in [2.24, 2.45) is 0 Å². The fourth-order valence-corrected chi connectivity index (χ4v) is 3.77. The zero-order chi connectivity index (χ0) is 11.8. The minimum absolute atomic E-state index is 0.339. The molecule has 0 aromatic heterocycles. The molecule has 0 radical (unpaired) electrons. The highest BCUT2D eigenvalue weighted by Gasteiger charge is 2.24. The first-order chi connectivity index (χ1) is 8.27. The van der Waals surface area contributed by atoms with Gasteiger partial charge in [-0.05, 0) is 65.7 Å². The molecule has 1 saturated heterocycles. The van der Waals surface area contributed by atoms with Gasteiger partial charge in [-0.3, -0.25) is 0 Å². The topological polar surface area (TPSA) is 32.3 Å². The molecule has 0 amide bonds. The van der Waals surface area contributed by atoms with E-state index in [1.165, 1.54) is 30.4 Å². The molecule has 0 bridgehead atoms. The number of aryl methyl sites for hydroxylation is 1. The zero-order valence-electron chi connectivity index (χ0n) is 9.93. The molecule has 92 valence electrons. The van der Waals surface area contributed by atoms with Crippen LogP contribution >= 0.6 is 15.9 Å². The Labute approximate surface area is 111 Å². The average Bonchev–Trinajstić information content (AvgIpc) is 2.83. The zero-order valence-corrected chi connectivity index (χ0v) is 11.5. The van der Waals surface area contributed by atoms with Gasteiger partial charge in [-0.2, -0.15) is 0 Å². The van der Waals surface area contributed by atoms with Crippen LogP contribution < -0.4 is 5.32 Å². The van der Waals surface area contributed by atoms with Gasteiger partial charge in [-0.1, -0.05) is 12.5 Å². The van der Waals surface area contributed by atoms with Crippen LogP contribution in [0.3, 0.4) is 0 Å². The van der Waals surface area contributed by atoms with E-state index < -0.39 is 0 Å². The number of hydrogen-bond donors (Lipinski definition) is 2. The summed E-state index contributed by atoms with van der Waals surface area (Å²) in [5, 5.41) is 13.8. The summed E-state index contributed by atoms with van der Waals surface area (Å²) in [7, 11) is 0. The van der Waals surface area contributed by atoms with E-state index >= 15 is 0 Å². The van der Waals surface area contributed by atoms with Crippen LogP contribution in [0.5, 0.6) is 5.75 Å². The fraction of sp³-hybridized carbons (Fsp3) is 0.571. The summed E-state index contributed by atoms with van der Waals surface area (Å²) in [6.07, 6.45) is 7.12. The van der Waals surface area contributed by atoms with Gasteiger partial charge < -0.3 is 10.4 Å². The molecule has 2 aliphatic rings. The number of phenols is 1. The molecular formula is C14H18BrNO. The van der Waals surface area contributed by atoms with Gasteiger partial charge in [0.25, 0.3) is 0 Å². The van der Waals surface area contributed by atoms with Gasteiger partial charge in [-0.25, -0.2) is 0 Å². The minimum atomic E-state index is 0.339. The predicted molar refractivity (Wildman–Crippen MR) is 72.4 cm³/mol. The van der Waals surface area contributed by atoms with Crippen LogP contribution in [0, 0.1) is 0 Å². The number of fused-ring (bicyclic) bond motifs is 1. The second kappa shape index (κ2) is 4.62. The predicted octanol–water partition coefficient (Wildman–Crippen LogP) is 3.46. The van der Waals surface area contributed by atoms with Crippen LogP contribution in [-0.4, -0.2) is 11.7 Å². The average molecular weight is 296 g/mol. The molecule has 2 nitrogen and oxygen atoms in total. The lowest BCUT2D eigenvalue weighted by Gasteiger charge is -2.25. The number of aromatic hydroxyl groups is 1. The Balaban J connectivity index is 2.01. The van der Waals surface area contributed by atoms with Crippen LogP contribution in [0.1, 0.15) is 48.4 Å². The SMILES string of the molecule is Oc1c(C2CCCCN2)cc2c(c1Br)CCC2. The Morgan fingerprint density at radius 1 is 1.24 bits per heavy atom. The van der Waals surface area contributed by atoms with Gasteiger partial charge in [0.05, 0.1) is 4.47 Å². The summed E-state index contributed by atoms with van der Waals surface area (Å²) in [4.78, 5) is 0. The van der Waals surface area contributed by atoms with E-state index in [2.05, 4.69) is 27.3 Å². The maximum atomic E-state index is 10.3. The quantitative estimate of drug-likeness (QED) is 0.832. The van der Waals surface area contributed by atoms with Crippen molar-refractivity contribution in [2.45, 2.75) is 44.6 Å². The molecule has 1 fully saturated rings. The van der Waals surface area contributed by atoms with Crippen molar-refractivity contribution < 1.29 is 5.11 Å². The van der Waals surface area contributed by atoms with Crippen LogP contribution in [0.15, 0.2) is 10.5 Å². The van der Waals surface area contributed by atoms with Crippen LogP contribution in [0.25, 0.3) is 0 Å². The molecule has 1 aliphatic heterocycles. The van der Waals surface area contributed by atoms with E-state index in [4.69, 9.17) is 0 Å². The summed E-state index contributed by atoms with van der Waals surface area (Å²) in [6.45, 7) is 1.07. The Hall–Kier alpha value is -0.540. The molecule has 17 heavy (non-hydrogen) atoms. The van der Waals surface area contributed by atoms with Crippen LogP contribution in [0.4, 0.5) is 0 Å². The Morgan fingerprint density at radius 2 is 2.12 bits per heavy atom. The first kappa shape index (κ1) is 11.5. The van der Waals surface area contributed by atoms with Crippen molar-refractivity contribution in [1.82, 2.24) is 5.32 Å². The summed E-state index contributed by atoms with van der Waals surface area (Å²) in [5.41, 5.74) is 3.84. The van der Waals surface area contributed by atoms with Crippen molar-refractivity contribution in [2.75, 3.05) is 6.54 Å². The number of piperidine rings is 1. The van der Waals surface area contributed by atoms with E-state index in [1.54, 1.807) is 0 Å². The highest BCUT2D eigenvalue weighted by atomic mass is 79.9. The fourth-order valence-electron chi connectivity index (χ4n) is 3.09. The van der Waals surface area contributed by atoms with Crippen molar-refractivity contribution in [1.29, 1.82) is 0 Å². The Kier molecular flexibility index (Phi) is 3.14. The lowest BCUT2D eigenvalue weighted by molar-refractivity contribution is 0.389. The molecule has 3 rings (SSSR count). The van der Waals surface area contributed by atoms with E-state index in [1.807, 2.05) is 0 Å². The molecular weight excluding hydrogens is 278 g/mol. The van der Waals surface area contributed by atoms with E-state index in [0.29, 0.717) is 11.8 Å². The summed E-state index contributed by atoms with van der Waals surface area (Å²) < 4.78 is 0.940. The van der Waals surface area contributed by atoms with Crippen molar-refractivity contribution >= 4 is 15.9 Å². The number of benzene rings is 1. The van der Waals surface area contributed by atoms with Crippen molar-refractivity contribution in [3.8, 4) is 5.75 Å². The molecule has 3 heteroatoms. The molecule has 0 saturated carbocycles. The standard InChI is InChI=1S/C14H18BrNO/c15-13-10-5-3-4-9(10)8-11(14(13)17)12-6-1-2-7-16-12/h8,12,16-17H,1-7H2. The van der Waals surface area contributed by atoms with Gasteiger partial charge in [0.15, 0.2) is 0 Å². The van der Waals surface area contributed by atoms with E-state index in [-0.39, 0.29) is 0 Å². The second-order valence-electron chi connectivity index (χ2n) is 5.12. The summed E-state index contributed by atoms with van der Waals surface area (Å²) in [6, 6.07) is 2.57. The summed E-state index contributed by atoms with van der Waals surface area (Å²) >= 11 is 3.57. The molecule has 1 aromatic carbocycles. The van der Waals surface area contributed by atoms with Crippen LogP contribution in [0.2, 0.25) is 0 Å².